The molecule has 1 amide bonds. The summed E-state index contributed by atoms with van der Waals surface area (Å²) in [6.45, 7) is 6.54. The first-order valence-corrected chi connectivity index (χ1v) is 8.32. The zero-order valence-electron chi connectivity index (χ0n) is 14.3. The number of rotatable bonds is 0. The lowest BCUT2D eigenvalue weighted by Gasteiger charge is -2.45. The van der Waals surface area contributed by atoms with Crippen molar-refractivity contribution in [3.63, 3.8) is 0 Å². The van der Waals surface area contributed by atoms with Crippen LogP contribution in [-0.4, -0.2) is 40.4 Å². The minimum Gasteiger partial charge on any atom is -0.487 e. The normalized spacial score (nSPS) is 22.7. The maximum absolute atomic E-state index is 13.4. The lowest BCUT2D eigenvalue weighted by atomic mass is 9.82. The molecule has 1 spiro atoms. The van der Waals surface area contributed by atoms with Gasteiger partial charge in [-0.1, -0.05) is 0 Å². The minimum atomic E-state index is -0.752. The number of piperidine rings is 1. The summed E-state index contributed by atoms with van der Waals surface area (Å²) in [6, 6.07) is 4.22. The van der Waals surface area contributed by atoms with Crippen LogP contribution in [0.5, 0.6) is 5.75 Å². The van der Waals surface area contributed by atoms with Gasteiger partial charge in [-0.15, -0.1) is 0 Å². The van der Waals surface area contributed by atoms with Crippen LogP contribution in [0.4, 0.5) is 9.18 Å². The molecule has 1 saturated heterocycles. The van der Waals surface area contributed by atoms with E-state index in [4.69, 9.17) is 9.47 Å². The average Bonchev–Trinajstić information content (AvgIpc) is 2.47. The third-order valence-corrected chi connectivity index (χ3v) is 4.55. The lowest BCUT2D eigenvalue weighted by molar-refractivity contribution is -0.0570. The fourth-order valence-electron chi connectivity index (χ4n) is 3.34. The minimum absolute atomic E-state index is 0.323. The second-order valence-electron chi connectivity index (χ2n) is 7.65. The molecular formula is C18H24FNO4. The topological polar surface area (TPSA) is 59.0 Å². The van der Waals surface area contributed by atoms with Gasteiger partial charge in [-0.25, -0.2) is 9.18 Å². The van der Waals surface area contributed by atoms with E-state index < -0.39 is 17.3 Å². The molecule has 132 valence electrons. The van der Waals surface area contributed by atoms with E-state index in [1.807, 2.05) is 20.8 Å². The van der Waals surface area contributed by atoms with E-state index in [0.29, 0.717) is 43.7 Å². The summed E-state index contributed by atoms with van der Waals surface area (Å²) in [5, 5.41) is 10.4. The van der Waals surface area contributed by atoms with E-state index in [2.05, 4.69) is 0 Å². The number of aliphatic hydroxyl groups is 1. The van der Waals surface area contributed by atoms with Gasteiger partial charge in [0.25, 0.3) is 0 Å². The smallest absolute Gasteiger partial charge is 0.410 e. The van der Waals surface area contributed by atoms with Crippen molar-refractivity contribution in [1.29, 1.82) is 0 Å². The van der Waals surface area contributed by atoms with Gasteiger partial charge in [-0.05, 0) is 39.0 Å². The summed E-state index contributed by atoms with van der Waals surface area (Å²) in [7, 11) is 0. The number of fused-ring (bicyclic) bond motifs is 1. The fraction of sp³-hybridized carbons (Fsp3) is 0.611. The van der Waals surface area contributed by atoms with Crippen LogP contribution < -0.4 is 4.74 Å². The van der Waals surface area contributed by atoms with E-state index in [1.165, 1.54) is 12.1 Å². The van der Waals surface area contributed by atoms with Crippen LogP contribution in [0, 0.1) is 5.82 Å². The summed E-state index contributed by atoms with van der Waals surface area (Å²) in [4.78, 5) is 13.8. The van der Waals surface area contributed by atoms with Crippen LogP contribution in [0.25, 0.3) is 0 Å². The monoisotopic (exact) mass is 337 g/mol. The fourth-order valence-corrected chi connectivity index (χ4v) is 3.34. The number of benzene rings is 1. The molecule has 0 bridgehead atoms. The molecule has 0 aliphatic carbocycles. The average molecular weight is 337 g/mol. The zero-order valence-corrected chi connectivity index (χ0v) is 14.3. The maximum atomic E-state index is 13.4. The Morgan fingerprint density at radius 2 is 2.04 bits per heavy atom. The first kappa shape index (κ1) is 17.0. The van der Waals surface area contributed by atoms with Crippen LogP contribution in [-0.2, 0) is 4.74 Å². The number of carbonyl (C=O) groups is 1. The van der Waals surface area contributed by atoms with Gasteiger partial charge < -0.3 is 19.5 Å². The van der Waals surface area contributed by atoms with Gasteiger partial charge in [0.2, 0.25) is 0 Å². The van der Waals surface area contributed by atoms with Crippen molar-refractivity contribution < 1.29 is 23.8 Å². The molecule has 1 aromatic rings. The van der Waals surface area contributed by atoms with E-state index in [9.17, 15) is 14.3 Å². The molecule has 1 unspecified atom stereocenters. The standard InChI is InChI=1S/C18H24FNO4/c1-17(2,3)24-16(22)20-8-6-18(7-9-20)11-14(21)13-10-12(19)4-5-15(13)23-18/h4-5,10,14,21H,6-9,11H2,1-3H3. The number of hydrogen-bond donors (Lipinski definition) is 1. The van der Waals surface area contributed by atoms with Gasteiger partial charge >= 0.3 is 6.09 Å². The number of carbonyl (C=O) groups excluding carboxylic acids is 1. The highest BCUT2D eigenvalue weighted by atomic mass is 19.1. The Balaban J connectivity index is 1.68. The van der Waals surface area contributed by atoms with Gasteiger partial charge in [-0.2, -0.15) is 0 Å². The van der Waals surface area contributed by atoms with Gasteiger partial charge in [0.15, 0.2) is 0 Å². The number of hydrogen-bond acceptors (Lipinski definition) is 4. The van der Waals surface area contributed by atoms with Crippen LogP contribution >= 0.6 is 0 Å². The van der Waals surface area contributed by atoms with Crippen LogP contribution in [0.3, 0.4) is 0 Å². The lowest BCUT2D eigenvalue weighted by Crippen LogP contribution is -2.52. The predicted molar refractivity (Wildman–Crippen MR) is 86.4 cm³/mol. The SMILES string of the molecule is CC(C)(C)OC(=O)N1CCC2(CC1)CC(O)c1cc(F)ccc1O2. The number of nitrogens with zero attached hydrogens (tertiary/aromatic N) is 1. The van der Waals surface area contributed by atoms with Crippen molar-refractivity contribution in [1.82, 2.24) is 4.90 Å². The molecule has 1 fully saturated rings. The Hall–Kier alpha value is -1.82. The Morgan fingerprint density at radius 1 is 1.38 bits per heavy atom. The van der Waals surface area contributed by atoms with Crippen molar-refractivity contribution in [3.8, 4) is 5.75 Å². The Kier molecular flexibility index (Phi) is 4.20. The summed E-state index contributed by atoms with van der Waals surface area (Å²) >= 11 is 0. The maximum Gasteiger partial charge on any atom is 0.410 e. The molecule has 3 rings (SSSR count). The highest BCUT2D eigenvalue weighted by molar-refractivity contribution is 5.68. The molecular weight excluding hydrogens is 313 g/mol. The van der Waals surface area contributed by atoms with Crippen molar-refractivity contribution in [2.45, 2.75) is 57.3 Å². The van der Waals surface area contributed by atoms with Gasteiger partial charge in [0, 0.05) is 37.9 Å². The summed E-state index contributed by atoms with van der Waals surface area (Å²) in [5.74, 6) is 0.146. The van der Waals surface area contributed by atoms with Gasteiger partial charge in [0.1, 0.15) is 22.8 Å². The number of aliphatic hydroxyl groups excluding tert-OH is 1. The van der Waals surface area contributed by atoms with E-state index >= 15 is 0 Å². The van der Waals surface area contributed by atoms with Crippen LogP contribution in [0.15, 0.2) is 18.2 Å². The predicted octanol–water partition coefficient (Wildman–Crippen LogP) is 3.41. The van der Waals surface area contributed by atoms with E-state index in [1.54, 1.807) is 11.0 Å². The highest BCUT2D eigenvalue weighted by Crippen LogP contribution is 2.44. The molecule has 0 radical (unpaired) electrons. The molecule has 24 heavy (non-hydrogen) atoms. The molecule has 6 heteroatoms. The quantitative estimate of drug-likeness (QED) is 0.788. The molecule has 1 N–H and O–H groups in total. The van der Waals surface area contributed by atoms with Crippen LogP contribution in [0.2, 0.25) is 0 Å². The first-order valence-electron chi connectivity index (χ1n) is 8.32. The van der Waals surface area contributed by atoms with E-state index in [0.717, 1.165) is 0 Å². The van der Waals surface area contributed by atoms with Crippen molar-refractivity contribution >= 4 is 6.09 Å². The van der Waals surface area contributed by atoms with Crippen molar-refractivity contribution in [2.24, 2.45) is 0 Å². The second-order valence-corrected chi connectivity index (χ2v) is 7.65. The Bertz CT molecular complexity index is 632. The zero-order chi connectivity index (χ0) is 17.5. The van der Waals surface area contributed by atoms with Gasteiger partial charge in [-0.3, -0.25) is 0 Å². The third-order valence-electron chi connectivity index (χ3n) is 4.55. The van der Waals surface area contributed by atoms with Gasteiger partial charge in [0.05, 0.1) is 6.10 Å². The largest absolute Gasteiger partial charge is 0.487 e. The third kappa shape index (κ3) is 3.48. The summed E-state index contributed by atoms with van der Waals surface area (Å²) in [6.07, 6.45) is 0.556. The van der Waals surface area contributed by atoms with Crippen molar-refractivity contribution in [3.05, 3.63) is 29.6 Å². The van der Waals surface area contributed by atoms with E-state index in [-0.39, 0.29) is 11.9 Å². The highest BCUT2D eigenvalue weighted by Gasteiger charge is 2.44. The molecule has 0 saturated carbocycles. The second kappa shape index (κ2) is 5.92. The summed E-state index contributed by atoms with van der Waals surface area (Å²) < 4.78 is 24.9. The molecule has 2 aliphatic rings. The van der Waals surface area contributed by atoms with Crippen LogP contribution in [0.1, 0.15) is 51.7 Å². The molecule has 0 aromatic heterocycles. The number of halogens is 1. The summed E-state index contributed by atoms with van der Waals surface area (Å²) in [5.41, 5.74) is -0.537. The molecule has 2 aliphatic heterocycles. The Morgan fingerprint density at radius 3 is 2.67 bits per heavy atom. The van der Waals surface area contributed by atoms with Crippen molar-refractivity contribution in [2.75, 3.05) is 13.1 Å². The molecule has 1 aromatic carbocycles. The first-order chi connectivity index (χ1) is 11.2. The number of ether oxygens (including phenoxy) is 2. The number of likely N-dealkylation sites (tertiary alicyclic amines) is 1. The molecule has 5 nitrogen and oxygen atoms in total. The molecule has 1 atom stereocenters. The molecule has 2 heterocycles. The Labute approximate surface area is 141 Å². The number of amides is 1.